The third-order valence-corrected chi connectivity index (χ3v) is 3.87. The van der Waals surface area contributed by atoms with Crippen LogP contribution in [0.3, 0.4) is 0 Å². The van der Waals surface area contributed by atoms with E-state index >= 15 is 0 Å². The molecule has 5 heteroatoms. The van der Waals surface area contributed by atoms with Crippen molar-refractivity contribution >= 4 is 11.4 Å². The van der Waals surface area contributed by atoms with Crippen LogP contribution < -0.4 is 10.6 Å². The minimum Gasteiger partial charge on any atom is -0.379 e. The molecule has 104 valence electrons. The van der Waals surface area contributed by atoms with Crippen LogP contribution >= 0.6 is 0 Å². The lowest BCUT2D eigenvalue weighted by Crippen LogP contribution is -2.39. The van der Waals surface area contributed by atoms with Gasteiger partial charge in [-0.15, -0.1) is 0 Å². The summed E-state index contributed by atoms with van der Waals surface area (Å²) in [7, 11) is 0. The van der Waals surface area contributed by atoms with E-state index in [1.165, 1.54) is 0 Å². The number of nitro benzene ring substituents is 1. The molecule has 19 heavy (non-hydrogen) atoms. The Labute approximate surface area is 113 Å². The van der Waals surface area contributed by atoms with Crippen molar-refractivity contribution in [3.8, 4) is 0 Å². The number of hydrogen-bond donors (Lipinski definition) is 2. The van der Waals surface area contributed by atoms with Crippen LogP contribution in [0, 0.1) is 22.5 Å². The molecule has 1 aromatic rings. The van der Waals surface area contributed by atoms with Crippen molar-refractivity contribution in [2.24, 2.45) is 5.41 Å². The molecule has 5 nitrogen and oxygen atoms in total. The quantitative estimate of drug-likeness (QED) is 0.647. The summed E-state index contributed by atoms with van der Waals surface area (Å²) in [6.07, 6.45) is 2.19. The lowest BCUT2D eigenvalue weighted by atomic mass is 9.81. The Kier molecular flexibility index (Phi) is 4.04. The summed E-state index contributed by atoms with van der Waals surface area (Å²) in [5.41, 5.74) is 2.03. The van der Waals surface area contributed by atoms with Crippen LogP contribution in [0.2, 0.25) is 0 Å². The summed E-state index contributed by atoms with van der Waals surface area (Å²) >= 11 is 0. The molecule has 0 amide bonds. The van der Waals surface area contributed by atoms with Crippen LogP contribution in [0.15, 0.2) is 18.2 Å². The van der Waals surface area contributed by atoms with Crippen molar-refractivity contribution in [3.63, 3.8) is 0 Å². The largest absolute Gasteiger partial charge is 0.379 e. The van der Waals surface area contributed by atoms with E-state index in [4.69, 9.17) is 0 Å². The van der Waals surface area contributed by atoms with Gasteiger partial charge in [0.05, 0.1) is 4.92 Å². The van der Waals surface area contributed by atoms with Crippen LogP contribution in [-0.4, -0.2) is 24.6 Å². The van der Waals surface area contributed by atoms with Crippen molar-refractivity contribution in [2.45, 2.75) is 26.7 Å². The number of anilines is 1. The molecule has 0 saturated carbocycles. The average Bonchev–Trinajstić information content (AvgIpc) is 2.37. The first-order valence-electron chi connectivity index (χ1n) is 6.70. The number of nitrogens with zero attached hydrogens (tertiary/aromatic N) is 1. The van der Waals surface area contributed by atoms with Gasteiger partial charge < -0.3 is 10.6 Å². The minimum absolute atomic E-state index is 0.156. The molecular formula is C14H21N3O2. The van der Waals surface area contributed by atoms with Gasteiger partial charge in [0.25, 0.3) is 5.69 Å². The Morgan fingerprint density at radius 3 is 2.74 bits per heavy atom. The number of rotatable bonds is 4. The zero-order valence-corrected chi connectivity index (χ0v) is 11.5. The lowest BCUT2D eigenvalue weighted by Gasteiger charge is -2.34. The predicted octanol–water partition coefficient (Wildman–Crippen LogP) is 2.70. The highest BCUT2D eigenvalue weighted by atomic mass is 16.6. The number of piperidine rings is 1. The van der Waals surface area contributed by atoms with Gasteiger partial charge in [0.15, 0.2) is 0 Å². The first-order chi connectivity index (χ1) is 9.00. The maximum atomic E-state index is 11.0. The maximum Gasteiger partial charge on any atom is 0.292 e. The first kappa shape index (κ1) is 13.8. The fourth-order valence-electron chi connectivity index (χ4n) is 2.47. The number of aryl methyl sites for hydroxylation is 1. The molecule has 1 heterocycles. The highest BCUT2D eigenvalue weighted by Crippen LogP contribution is 2.31. The van der Waals surface area contributed by atoms with Gasteiger partial charge in [0.2, 0.25) is 0 Å². The van der Waals surface area contributed by atoms with E-state index in [-0.39, 0.29) is 16.0 Å². The SMILES string of the molecule is Cc1ccc([N+](=O)[O-])c(NCC2(C)CCNCC2)c1. The Morgan fingerprint density at radius 2 is 2.11 bits per heavy atom. The van der Waals surface area contributed by atoms with Gasteiger partial charge in [-0.05, 0) is 49.9 Å². The second-order valence-electron chi connectivity index (χ2n) is 5.69. The van der Waals surface area contributed by atoms with Gasteiger partial charge in [-0.2, -0.15) is 0 Å². The normalized spacial score (nSPS) is 18.0. The van der Waals surface area contributed by atoms with Crippen molar-refractivity contribution in [2.75, 3.05) is 25.0 Å². The van der Waals surface area contributed by atoms with E-state index in [2.05, 4.69) is 17.6 Å². The van der Waals surface area contributed by atoms with Crippen LogP contribution in [0.25, 0.3) is 0 Å². The van der Waals surface area contributed by atoms with Gasteiger partial charge in [-0.25, -0.2) is 0 Å². The zero-order chi connectivity index (χ0) is 13.9. The topological polar surface area (TPSA) is 67.2 Å². The Hall–Kier alpha value is -1.62. The minimum atomic E-state index is -0.327. The number of nitro groups is 1. The molecule has 2 N–H and O–H groups in total. The van der Waals surface area contributed by atoms with Gasteiger partial charge in [-0.1, -0.05) is 13.0 Å². The molecule has 1 fully saturated rings. The average molecular weight is 263 g/mol. The lowest BCUT2D eigenvalue weighted by molar-refractivity contribution is -0.384. The van der Waals surface area contributed by atoms with E-state index in [1.807, 2.05) is 13.0 Å². The van der Waals surface area contributed by atoms with E-state index in [0.29, 0.717) is 5.69 Å². The summed E-state index contributed by atoms with van der Waals surface area (Å²) in [5.74, 6) is 0. The third-order valence-electron chi connectivity index (χ3n) is 3.87. The van der Waals surface area contributed by atoms with Crippen LogP contribution in [0.4, 0.5) is 11.4 Å². The molecule has 0 spiro atoms. The van der Waals surface area contributed by atoms with Crippen molar-refractivity contribution in [3.05, 3.63) is 33.9 Å². The molecule has 0 aliphatic carbocycles. The molecular weight excluding hydrogens is 242 g/mol. The van der Waals surface area contributed by atoms with E-state index in [9.17, 15) is 10.1 Å². The summed E-state index contributed by atoms with van der Waals surface area (Å²) < 4.78 is 0. The predicted molar refractivity (Wildman–Crippen MR) is 76.5 cm³/mol. The molecule has 0 aromatic heterocycles. The van der Waals surface area contributed by atoms with Gasteiger partial charge in [0.1, 0.15) is 5.69 Å². The summed E-state index contributed by atoms with van der Waals surface area (Å²) in [6.45, 7) is 7.00. The van der Waals surface area contributed by atoms with E-state index < -0.39 is 0 Å². The van der Waals surface area contributed by atoms with Crippen molar-refractivity contribution in [1.29, 1.82) is 0 Å². The monoisotopic (exact) mass is 263 g/mol. The second-order valence-corrected chi connectivity index (χ2v) is 5.69. The number of hydrogen-bond acceptors (Lipinski definition) is 4. The standard InChI is InChI=1S/C14H21N3O2/c1-11-3-4-13(17(18)19)12(9-11)16-10-14(2)5-7-15-8-6-14/h3-4,9,15-16H,5-8,10H2,1-2H3. The third kappa shape index (κ3) is 3.44. The van der Waals surface area contributed by atoms with E-state index in [1.54, 1.807) is 12.1 Å². The highest BCUT2D eigenvalue weighted by Gasteiger charge is 2.27. The fraction of sp³-hybridized carbons (Fsp3) is 0.571. The van der Waals surface area contributed by atoms with Gasteiger partial charge in [0, 0.05) is 12.6 Å². The molecule has 1 aliphatic heterocycles. The molecule has 0 atom stereocenters. The summed E-state index contributed by atoms with van der Waals surface area (Å²) in [6, 6.07) is 5.19. The summed E-state index contributed by atoms with van der Waals surface area (Å²) in [5, 5.41) is 17.6. The second kappa shape index (κ2) is 5.57. The molecule has 1 saturated heterocycles. The molecule has 1 aromatic carbocycles. The fourth-order valence-corrected chi connectivity index (χ4v) is 2.47. The van der Waals surface area contributed by atoms with Crippen LogP contribution in [0.1, 0.15) is 25.3 Å². The summed E-state index contributed by atoms with van der Waals surface area (Å²) in [4.78, 5) is 10.7. The maximum absolute atomic E-state index is 11.0. The smallest absolute Gasteiger partial charge is 0.292 e. The zero-order valence-electron chi connectivity index (χ0n) is 11.5. The van der Waals surface area contributed by atoms with Crippen molar-refractivity contribution < 1.29 is 4.92 Å². The van der Waals surface area contributed by atoms with Gasteiger partial charge in [-0.3, -0.25) is 10.1 Å². The Morgan fingerprint density at radius 1 is 1.42 bits per heavy atom. The number of benzene rings is 1. The molecule has 1 aliphatic rings. The van der Waals surface area contributed by atoms with E-state index in [0.717, 1.165) is 38.0 Å². The van der Waals surface area contributed by atoms with Crippen molar-refractivity contribution in [1.82, 2.24) is 5.32 Å². The Bertz CT molecular complexity index is 468. The van der Waals surface area contributed by atoms with Crippen LogP contribution in [-0.2, 0) is 0 Å². The number of nitrogens with one attached hydrogen (secondary N) is 2. The first-order valence-corrected chi connectivity index (χ1v) is 6.70. The Balaban J connectivity index is 2.10. The molecule has 0 unspecified atom stereocenters. The molecule has 2 rings (SSSR count). The van der Waals surface area contributed by atoms with Crippen LogP contribution in [0.5, 0.6) is 0 Å². The molecule has 0 bridgehead atoms. The van der Waals surface area contributed by atoms with Gasteiger partial charge >= 0.3 is 0 Å². The molecule has 0 radical (unpaired) electrons. The highest BCUT2D eigenvalue weighted by molar-refractivity contribution is 5.62.